The lowest BCUT2D eigenvalue weighted by molar-refractivity contribution is -0.119. The molecule has 0 aromatic carbocycles. The fraction of sp³-hybridized carbons (Fsp3) is 0.471. The van der Waals surface area contributed by atoms with Gasteiger partial charge >= 0.3 is 0 Å². The van der Waals surface area contributed by atoms with E-state index in [0.29, 0.717) is 17.1 Å². The maximum atomic E-state index is 13.2. The number of aromatic amines is 1. The normalized spacial score (nSPS) is 16.2. The molecule has 3 heterocycles. The van der Waals surface area contributed by atoms with Gasteiger partial charge in [-0.25, -0.2) is 4.39 Å². The zero-order valence-electron chi connectivity index (χ0n) is 13.8. The van der Waals surface area contributed by atoms with Crippen LogP contribution in [0.4, 0.5) is 10.2 Å². The van der Waals surface area contributed by atoms with Crippen LogP contribution in [0.25, 0.3) is 11.3 Å². The predicted molar refractivity (Wildman–Crippen MR) is 89.9 cm³/mol. The SMILES string of the molecule is CC(CCN1CCCC1)C(=O)Nc1cc(-c2cncc(F)c2)[nH]n1. The first-order valence-corrected chi connectivity index (χ1v) is 8.31. The van der Waals surface area contributed by atoms with Gasteiger partial charge in [0.15, 0.2) is 5.82 Å². The van der Waals surface area contributed by atoms with Crippen LogP contribution in [0.5, 0.6) is 0 Å². The highest BCUT2D eigenvalue weighted by atomic mass is 19.1. The van der Waals surface area contributed by atoms with Crippen LogP contribution in [0, 0.1) is 11.7 Å². The van der Waals surface area contributed by atoms with E-state index in [-0.39, 0.29) is 11.8 Å². The Labute approximate surface area is 140 Å². The number of hydrogen-bond donors (Lipinski definition) is 2. The molecule has 3 rings (SSSR count). The maximum absolute atomic E-state index is 13.2. The summed E-state index contributed by atoms with van der Waals surface area (Å²) in [7, 11) is 0. The maximum Gasteiger partial charge on any atom is 0.228 e. The molecule has 2 N–H and O–H groups in total. The third-order valence-electron chi connectivity index (χ3n) is 4.37. The first-order valence-electron chi connectivity index (χ1n) is 8.31. The number of carbonyl (C=O) groups excluding carboxylic acids is 1. The zero-order valence-corrected chi connectivity index (χ0v) is 13.8. The van der Waals surface area contributed by atoms with Crippen molar-refractivity contribution in [2.24, 2.45) is 5.92 Å². The van der Waals surface area contributed by atoms with Gasteiger partial charge in [-0.3, -0.25) is 14.9 Å². The molecule has 6 nitrogen and oxygen atoms in total. The molecule has 1 saturated heterocycles. The Morgan fingerprint density at radius 1 is 1.38 bits per heavy atom. The lowest BCUT2D eigenvalue weighted by Crippen LogP contribution is -2.27. The number of nitrogens with zero attached hydrogens (tertiary/aromatic N) is 3. The van der Waals surface area contributed by atoms with Crippen LogP contribution in [-0.2, 0) is 4.79 Å². The summed E-state index contributed by atoms with van der Waals surface area (Å²) in [4.78, 5) is 18.5. The van der Waals surface area contributed by atoms with E-state index >= 15 is 0 Å². The highest BCUT2D eigenvalue weighted by Gasteiger charge is 2.18. The van der Waals surface area contributed by atoms with Crippen LogP contribution in [-0.4, -0.2) is 45.6 Å². The van der Waals surface area contributed by atoms with E-state index in [4.69, 9.17) is 0 Å². The third-order valence-corrected chi connectivity index (χ3v) is 4.37. The van der Waals surface area contributed by atoms with Crippen molar-refractivity contribution in [3.63, 3.8) is 0 Å². The van der Waals surface area contributed by atoms with E-state index in [1.54, 1.807) is 12.3 Å². The standard InChI is InChI=1S/C17H22FN5O/c1-12(4-7-23-5-2-3-6-23)17(24)20-16-9-15(21-22-16)13-8-14(18)11-19-10-13/h8-12H,2-7H2,1H3,(H2,20,21,22,24). The van der Waals surface area contributed by atoms with Crippen molar-refractivity contribution in [1.82, 2.24) is 20.1 Å². The summed E-state index contributed by atoms with van der Waals surface area (Å²) in [5, 5.41) is 9.66. The molecule has 1 unspecified atom stereocenters. The lowest BCUT2D eigenvalue weighted by Gasteiger charge is -2.17. The Hall–Kier alpha value is -2.28. The summed E-state index contributed by atoms with van der Waals surface area (Å²) in [6.07, 6.45) is 6.03. The number of pyridine rings is 1. The average Bonchev–Trinajstić information content (AvgIpc) is 3.24. The minimum Gasteiger partial charge on any atom is -0.309 e. The summed E-state index contributed by atoms with van der Waals surface area (Å²) in [5.74, 6) is -0.110. The Balaban J connectivity index is 1.54. The van der Waals surface area contributed by atoms with Crippen molar-refractivity contribution in [3.8, 4) is 11.3 Å². The van der Waals surface area contributed by atoms with Crippen LogP contribution in [0.15, 0.2) is 24.5 Å². The molecule has 24 heavy (non-hydrogen) atoms. The zero-order chi connectivity index (χ0) is 16.9. The molecular formula is C17H22FN5O. The largest absolute Gasteiger partial charge is 0.309 e. The number of anilines is 1. The minimum absolute atomic E-state index is 0.0513. The van der Waals surface area contributed by atoms with Gasteiger partial charge in [0.1, 0.15) is 5.82 Å². The lowest BCUT2D eigenvalue weighted by atomic mass is 10.1. The Kier molecular flexibility index (Phi) is 5.20. The number of halogens is 1. The topological polar surface area (TPSA) is 73.9 Å². The van der Waals surface area contributed by atoms with Gasteiger partial charge in [0.25, 0.3) is 0 Å². The number of aromatic nitrogens is 3. The average molecular weight is 331 g/mol. The molecule has 1 fully saturated rings. The molecule has 0 saturated carbocycles. The predicted octanol–water partition coefficient (Wildman–Crippen LogP) is 2.67. The molecule has 1 amide bonds. The van der Waals surface area contributed by atoms with Crippen LogP contribution in [0.2, 0.25) is 0 Å². The molecule has 1 atom stereocenters. The molecule has 0 radical (unpaired) electrons. The molecular weight excluding hydrogens is 309 g/mol. The highest BCUT2D eigenvalue weighted by molar-refractivity contribution is 5.91. The van der Waals surface area contributed by atoms with E-state index in [1.807, 2.05) is 6.92 Å². The number of carbonyl (C=O) groups is 1. The summed E-state index contributed by atoms with van der Waals surface area (Å²) in [6.45, 7) is 5.16. The van der Waals surface area contributed by atoms with Gasteiger partial charge in [0, 0.05) is 23.7 Å². The van der Waals surface area contributed by atoms with Crippen LogP contribution >= 0.6 is 0 Å². The summed E-state index contributed by atoms with van der Waals surface area (Å²) < 4.78 is 13.2. The quantitative estimate of drug-likeness (QED) is 0.853. The number of nitrogens with one attached hydrogen (secondary N) is 2. The molecule has 2 aromatic rings. The van der Waals surface area contributed by atoms with Gasteiger partial charge in [-0.15, -0.1) is 0 Å². The van der Waals surface area contributed by atoms with Crippen LogP contribution in [0.3, 0.4) is 0 Å². The van der Waals surface area contributed by atoms with Crippen molar-refractivity contribution in [2.75, 3.05) is 25.0 Å². The van der Waals surface area contributed by atoms with Gasteiger partial charge < -0.3 is 10.2 Å². The fourth-order valence-corrected chi connectivity index (χ4v) is 2.86. The van der Waals surface area contributed by atoms with Crippen molar-refractivity contribution >= 4 is 11.7 Å². The van der Waals surface area contributed by atoms with Crippen molar-refractivity contribution in [1.29, 1.82) is 0 Å². The monoisotopic (exact) mass is 331 g/mol. The smallest absolute Gasteiger partial charge is 0.228 e. The van der Waals surface area contributed by atoms with Crippen molar-refractivity contribution in [3.05, 3.63) is 30.3 Å². The molecule has 1 aliphatic heterocycles. The summed E-state index contributed by atoms with van der Waals surface area (Å²) in [6, 6.07) is 3.05. The number of hydrogen-bond acceptors (Lipinski definition) is 4. The van der Waals surface area contributed by atoms with E-state index in [1.165, 1.54) is 18.9 Å². The number of likely N-dealkylation sites (tertiary alicyclic amines) is 1. The summed E-state index contributed by atoms with van der Waals surface area (Å²) in [5.41, 5.74) is 1.20. The Bertz CT molecular complexity index is 696. The molecule has 1 aliphatic rings. The van der Waals surface area contributed by atoms with E-state index in [2.05, 4.69) is 25.4 Å². The molecule has 0 bridgehead atoms. The molecule has 7 heteroatoms. The first kappa shape index (κ1) is 16.6. The van der Waals surface area contributed by atoms with Gasteiger partial charge in [0.2, 0.25) is 5.91 Å². The number of rotatable bonds is 6. The van der Waals surface area contributed by atoms with Crippen molar-refractivity contribution < 1.29 is 9.18 Å². The van der Waals surface area contributed by atoms with Gasteiger partial charge in [-0.05, 0) is 45.0 Å². The van der Waals surface area contributed by atoms with E-state index < -0.39 is 5.82 Å². The fourth-order valence-electron chi connectivity index (χ4n) is 2.86. The highest BCUT2D eigenvalue weighted by Crippen LogP contribution is 2.20. The first-order chi connectivity index (χ1) is 11.6. The second-order valence-electron chi connectivity index (χ2n) is 6.29. The second kappa shape index (κ2) is 7.53. The Morgan fingerprint density at radius 2 is 2.17 bits per heavy atom. The number of H-pyrrole nitrogens is 1. The molecule has 2 aromatic heterocycles. The van der Waals surface area contributed by atoms with Gasteiger partial charge in [-0.1, -0.05) is 6.92 Å². The molecule has 128 valence electrons. The minimum atomic E-state index is -0.414. The summed E-state index contributed by atoms with van der Waals surface area (Å²) >= 11 is 0. The van der Waals surface area contributed by atoms with E-state index in [0.717, 1.165) is 32.3 Å². The Morgan fingerprint density at radius 3 is 2.92 bits per heavy atom. The van der Waals surface area contributed by atoms with Crippen LogP contribution in [0.1, 0.15) is 26.2 Å². The van der Waals surface area contributed by atoms with Crippen LogP contribution < -0.4 is 5.32 Å². The second-order valence-corrected chi connectivity index (χ2v) is 6.29. The molecule has 0 aliphatic carbocycles. The van der Waals surface area contributed by atoms with Crippen molar-refractivity contribution in [2.45, 2.75) is 26.2 Å². The number of amides is 1. The molecule has 0 spiro atoms. The van der Waals surface area contributed by atoms with Gasteiger partial charge in [-0.2, -0.15) is 5.10 Å². The van der Waals surface area contributed by atoms with E-state index in [9.17, 15) is 9.18 Å². The third kappa shape index (κ3) is 4.17. The van der Waals surface area contributed by atoms with Gasteiger partial charge in [0.05, 0.1) is 11.9 Å².